The first-order valence-corrected chi connectivity index (χ1v) is 11.7. The number of carboxylic acid groups (broad SMARTS) is 1. The third-order valence-electron chi connectivity index (χ3n) is 4.47. The number of thioether (sulfide) groups is 1. The zero-order valence-corrected chi connectivity index (χ0v) is 20.8. The first-order valence-electron chi connectivity index (χ1n) is 9.71. The summed E-state index contributed by atoms with van der Waals surface area (Å²) in [6, 6.07) is 9.65. The summed E-state index contributed by atoms with van der Waals surface area (Å²) in [5.74, 6) is -1.12. The van der Waals surface area contributed by atoms with E-state index >= 15 is 0 Å². The van der Waals surface area contributed by atoms with Gasteiger partial charge < -0.3 is 19.9 Å². The Morgan fingerprint density at radius 3 is 2.65 bits per heavy atom. The number of carboxylic acids is 1. The summed E-state index contributed by atoms with van der Waals surface area (Å²) in [5.41, 5.74) is 1.04. The maximum atomic E-state index is 12.6. The van der Waals surface area contributed by atoms with Crippen LogP contribution < -0.4 is 14.8 Å². The molecule has 2 aromatic carbocycles. The number of ether oxygens (including phenoxy) is 2. The van der Waals surface area contributed by atoms with Gasteiger partial charge in [0, 0.05) is 11.6 Å². The molecular formula is C22H18Cl2N2O6S2. The minimum Gasteiger partial charge on any atom is -0.493 e. The molecule has 0 saturated carbocycles. The molecule has 2 N–H and O–H groups in total. The predicted octanol–water partition coefficient (Wildman–Crippen LogP) is 4.70. The summed E-state index contributed by atoms with van der Waals surface area (Å²) < 4.78 is 11.2. The van der Waals surface area contributed by atoms with Crippen LogP contribution in [0.4, 0.5) is 5.69 Å². The van der Waals surface area contributed by atoms with Gasteiger partial charge in [0.25, 0.3) is 11.8 Å². The minimum absolute atomic E-state index is 0.0107. The highest BCUT2D eigenvalue weighted by molar-refractivity contribution is 8.26. The number of thiocarbonyl (C=S) groups is 1. The molecule has 0 aliphatic carbocycles. The zero-order valence-electron chi connectivity index (χ0n) is 17.7. The monoisotopic (exact) mass is 540 g/mol. The van der Waals surface area contributed by atoms with E-state index in [9.17, 15) is 14.4 Å². The molecule has 8 nitrogen and oxygen atoms in total. The molecule has 0 bridgehead atoms. The Bertz CT molecular complexity index is 1190. The molecule has 1 heterocycles. The quantitative estimate of drug-likeness (QED) is 0.348. The fourth-order valence-corrected chi connectivity index (χ4v) is 4.63. The number of methoxy groups -OCH3 is 1. The number of aliphatic carboxylic acids is 1. The van der Waals surface area contributed by atoms with Crippen molar-refractivity contribution < 1.29 is 29.0 Å². The highest BCUT2D eigenvalue weighted by Gasteiger charge is 2.32. The van der Waals surface area contributed by atoms with Crippen molar-refractivity contribution in [1.82, 2.24) is 4.90 Å². The normalized spacial score (nSPS) is 14.4. The van der Waals surface area contributed by atoms with Crippen LogP contribution in [0.15, 0.2) is 41.3 Å². The summed E-state index contributed by atoms with van der Waals surface area (Å²) in [4.78, 5) is 37.2. The fraction of sp³-hybridized carbons (Fsp3) is 0.182. The van der Waals surface area contributed by atoms with Crippen LogP contribution in [0.2, 0.25) is 10.0 Å². The highest BCUT2D eigenvalue weighted by atomic mass is 35.5. The first kappa shape index (κ1) is 25.8. The Hall–Kier alpha value is -2.79. The van der Waals surface area contributed by atoms with E-state index < -0.39 is 11.9 Å². The van der Waals surface area contributed by atoms with E-state index in [1.807, 2.05) is 0 Å². The maximum Gasteiger partial charge on any atom is 0.305 e. The summed E-state index contributed by atoms with van der Waals surface area (Å²) >= 11 is 18.2. The summed E-state index contributed by atoms with van der Waals surface area (Å²) in [6.07, 6.45) is 1.43. The molecule has 1 aliphatic rings. The summed E-state index contributed by atoms with van der Waals surface area (Å²) in [6.45, 7) is -0.284. The number of halogens is 2. The lowest BCUT2D eigenvalue weighted by Gasteiger charge is -2.13. The number of anilines is 1. The second-order valence-corrected chi connectivity index (χ2v) is 9.37. The molecule has 3 rings (SSSR count). The van der Waals surface area contributed by atoms with Crippen molar-refractivity contribution in [2.75, 3.05) is 25.6 Å². The molecule has 0 aromatic heterocycles. The first-order chi connectivity index (χ1) is 16.2. The predicted molar refractivity (Wildman–Crippen MR) is 136 cm³/mol. The molecule has 0 radical (unpaired) electrons. The second-order valence-electron chi connectivity index (χ2n) is 6.85. The van der Waals surface area contributed by atoms with Crippen LogP contribution in [-0.2, 0) is 14.4 Å². The molecule has 1 fully saturated rings. The van der Waals surface area contributed by atoms with Crippen molar-refractivity contribution in [3.8, 4) is 11.5 Å². The van der Waals surface area contributed by atoms with Gasteiger partial charge in [0.15, 0.2) is 18.1 Å². The Morgan fingerprint density at radius 1 is 1.21 bits per heavy atom. The van der Waals surface area contributed by atoms with Crippen molar-refractivity contribution in [3.63, 3.8) is 0 Å². The Labute approximate surface area is 214 Å². The third-order valence-corrected chi connectivity index (χ3v) is 6.40. The van der Waals surface area contributed by atoms with Crippen LogP contribution in [0.5, 0.6) is 11.5 Å². The van der Waals surface area contributed by atoms with Crippen molar-refractivity contribution >= 4 is 81.0 Å². The van der Waals surface area contributed by atoms with Gasteiger partial charge in [-0.25, -0.2) is 0 Å². The molecular weight excluding hydrogens is 523 g/mol. The summed E-state index contributed by atoms with van der Waals surface area (Å²) in [5, 5.41) is 12.2. The Balaban J connectivity index is 1.66. The molecule has 34 heavy (non-hydrogen) atoms. The van der Waals surface area contributed by atoms with Crippen LogP contribution in [0.3, 0.4) is 0 Å². The topological polar surface area (TPSA) is 105 Å². The molecule has 178 valence electrons. The average molecular weight is 541 g/mol. The number of carbonyl (C=O) groups excluding carboxylic acids is 2. The molecule has 2 amide bonds. The summed E-state index contributed by atoms with van der Waals surface area (Å²) in [7, 11) is 1.45. The van der Waals surface area contributed by atoms with Crippen LogP contribution in [-0.4, -0.2) is 52.4 Å². The van der Waals surface area contributed by atoms with E-state index in [-0.39, 0.29) is 25.5 Å². The van der Waals surface area contributed by atoms with Crippen LogP contribution >= 0.6 is 47.2 Å². The molecule has 1 aliphatic heterocycles. The standard InChI is InChI=1S/C22H18Cl2N2O6S2/c1-31-17-8-12(9-18-21(30)26(22(33)34-18)7-6-20(28)29)2-5-16(17)32-11-19(27)25-15-4-3-13(23)10-14(15)24/h2-5,8-10H,6-7,11H2,1H3,(H,25,27)(H,28,29)/b18-9-. The largest absolute Gasteiger partial charge is 0.493 e. The van der Waals surface area contributed by atoms with E-state index in [2.05, 4.69) is 5.32 Å². The van der Waals surface area contributed by atoms with Crippen LogP contribution in [0.25, 0.3) is 6.08 Å². The number of hydrogen-bond donors (Lipinski definition) is 2. The van der Waals surface area contributed by atoms with Gasteiger partial charge in [0.05, 0.1) is 29.1 Å². The second kappa shape index (κ2) is 11.6. The molecule has 2 aromatic rings. The van der Waals surface area contributed by atoms with Gasteiger partial charge in [-0.15, -0.1) is 0 Å². The Morgan fingerprint density at radius 2 is 1.97 bits per heavy atom. The van der Waals surface area contributed by atoms with Crippen molar-refractivity contribution in [2.24, 2.45) is 0 Å². The lowest BCUT2D eigenvalue weighted by Crippen LogP contribution is -2.30. The maximum absolute atomic E-state index is 12.6. The SMILES string of the molecule is COc1cc(/C=C2\SC(=S)N(CCC(=O)O)C2=O)ccc1OCC(=O)Nc1ccc(Cl)cc1Cl. The van der Waals surface area contributed by atoms with E-state index in [0.717, 1.165) is 11.8 Å². The highest BCUT2D eigenvalue weighted by Crippen LogP contribution is 2.35. The molecule has 0 atom stereocenters. The number of amides is 2. The number of benzene rings is 2. The van der Waals surface area contributed by atoms with E-state index in [1.165, 1.54) is 18.1 Å². The van der Waals surface area contributed by atoms with Crippen molar-refractivity contribution in [1.29, 1.82) is 0 Å². The lowest BCUT2D eigenvalue weighted by molar-refractivity contribution is -0.137. The van der Waals surface area contributed by atoms with Gasteiger partial charge in [0.1, 0.15) is 4.32 Å². The van der Waals surface area contributed by atoms with Crippen LogP contribution in [0.1, 0.15) is 12.0 Å². The number of hydrogen-bond acceptors (Lipinski definition) is 7. The zero-order chi connectivity index (χ0) is 24.8. The number of rotatable bonds is 9. The Kier molecular flexibility index (Phi) is 8.78. The van der Waals surface area contributed by atoms with Gasteiger partial charge in [0.2, 0.25) is 0 Å². The number of nitrogens with zero attached hydrogens (tertiary/aromatic N) is 1. The smallest absolute Gasteiger partial charge is 0.305 e. The van der Waals surface area contributed by atoms with E-state index in [1.54, 1.807) is 36.4 Å². The van der Waals surface area contributed by atoms with Gasteiger partial charge in [-0.2, -0.15) is 0 Å². The molecule has 0 spiro atoms. The van der Waals surface area contributed by atoms with Gasteiger partial charge >= 0.3 is 5.97 Å². The van der Waals surface area contributed by atoms with E-state index in [4.69, 9.17) is 50.0 Å². The van der Waals surface area contributed by atoms with Gasteiger partial charge in [-0.3, -0.25) is 19.3 Å². The molecule has 1 saturated heterocycles. The average Bonchev–Trinajstić information content (AvgIpc) is 3.05. The third kappa shape index (κ3) is 6.63. The van der Waals surface area contributed by atoms with Crippen molar-refractivity contribution in [2.45, 2.75) is 6.42 Å². The number of nitrogens with one attached hydrogen (secondary N) is 1. The lowest BCUT2D eigenvalue weighted by atomic mass is 10.2. The molecule has 12 heteroatoms. The minimum atomic E-state index is -1.01. The number of carbonyl (C=O) groups is 3. The fourth-order valence-electron chi connectivity index (χ4n) is 2.87. The van der Waals surface area contributed by atoms with Crippen LogP contribution in [0, 0.1) is 0 Å². The van der Waals surface area contributed by atoms with E-state index in [0.29, 0.717) is 42.0 Å². The van der Waals surface area contributed by atoms with Gasteiger partial charge in [-0.1, -0.05) is 53.2 Å². The van der Waals surface area contributed by atoms with Crippen molar-refractivity contribution in [3.05, 3.63) is 56.9 Å². The molecule has 0 unspecified atom stereocenters. The van der Waals surface area contributed by atoms with Gasteiger partial charge in [-0.05, 0) is 42.0 Å².